The SMILES string of the molecule is N#CC(C#N)(CCCF)CC(F)(F)C(F)(F)C(F)(F)C(F)F. The van der Waals surface area contributed by atoms with Crippen LogP contribution in [0.3, 0.4) is 0 Å². The molecular formula is C11H9F9N2. The molecule has 2 nitrogen and oxygen atoms in total. The molecule has 0 aromatic heterocycles. The highest BCUT2D eigenvalue weighted by molar-refractivity contribution is 5.17. The van der Waals surface area contributed by atoms with Crippen LogP contribution in [-0.2, 0) is 0 Å². The summed E-state index contributed by atoms with van der Waals surface area (Å²) in [5, 5.41) is 17.3. The molecule has 0 atom stereocenters. The summed E-state index contributed by atoms with van der Waals surface area (Å²) in [5.41, 5.74) is -2.91. The van der Waals surface area contributed by atoms with E-state index in [1.807, 2.05) is 0 Å². The first-order chi connectivity index (χ1) is 9.83. The van der Waals surface area contributed by atoms with Crippen LogP contribution in [0, 0.1) is 28.1 Å². The molecule has 22 heavy (non-hydrogen) atoms. The number of hydrogen-bond acceptors (Lipinski definition) is 2. The highest BCUT2D eigenvalue weighted by atomic mass is 19.4. The number of nitrogens with zero attached hydrogens (tertiary/aromatic N) is 2. The minimum atomic E-state index is -6.50. The van der Waals surface area contributed by atoms with Crippen molar-refractivity contribution >= 4 is 0 Å². The predicted molar refractivity (Wildman–Crippen MR) is 54.3 cm³/mol. The summed E-state index contributed by atoms with van der Waals surface area (Å²) in [6.45, 7) is -1.18. The minimum Gasteiger partial charge on any atom is -0.251 e. The summed E-state index contributed by atoms with van der Waals surface area (Å²) in [6.07, 6.45) is -9.10. The highest BCUT2D eigenvalue weighted by Gasteiger charge is 2.76. The van der Waals surface area contributed by atoms with Gasteiger partial charge in [0, 0.05) is 6.42 Å². The second-order valence-electron chi connectivity index (χ2n) is 4.48. The van der Waals surface area contributed by atoms with E-state index in [4.69, 9.17) is 10.5 Å². The third kappa shape index (κ3) is 3.57. The average molecular weight is 340 g/mol. The molecule has 126 valence electrons. The Morgan fingerprint density at radius 2 is 1.36 bits per heavy atom. The molecule has 0 unspecified atom stereocenters. The molecule has 0 radical (unpaired) electrons. The van der Waals surface area contributed by atoms with E-state index < -0.39 is 55.5 Å². The van der Waals surface area contributed by atoms with Crippen molar-refractivity contribution in [1.29, 1.82) is 10.5 Å². The van der Waals surface area contributed by atoms with E-state index in [1.54, 1.807) is 0 Å². The second kappa shape index (κ2) is 6.63. The molecule has 0 N–H and O–H groups in total. The van der Waals surface area contributed by atoms with Gasteiger partial charge in [-0.05, 0) is 12.8 Å². The van der Waals surface area contributed by atoms with Crippen molar-refractivity contribution in [2.24, 2.45) is 5.41 Å². The maximum absolute atomic E-state index is 13.4. The molecule has 0 aliphatic rings. The number of hydrogen-bond donors (Lipinski definition) is 0. The smallest absolute Gasteiger partial charge is 0.251 e. The Morgan fingerprint density at radius 3 is 1.68 bits per heavy atom. The van der Waals surface area contributed by atoms with Gasteiger partial charge in [-0.25, -0.2) is 8.78 Å². The molecule has 11 heteroatoms. The van der Waals surface area contributed by atoms with Crippen molar-refractivity contribution in [1.82, 2.24) is 0 Å². The Kier molecular flexibility index (Phi) is 6.13. The molecule has 0 aromatic rings. The first-order valence-corrected chi connectivity index (χ1v) is 5.63. The van der Waals surface area contributed by atoms with Crippen LogP contribution in [0.25, 0.3) is 0 Å². The van der Waals surface area contributed by atoms with Gasteiger partial charge < -0.3 is 0 Å². The summed E-state index contributed by atoms with van der Waals surface area (Å²) in [7, 11) is 0. The maximum Gasteiger partial charge on any atom is 0.377 e. The van der Waals surface area contributed by atoms with E-state index in [1.165, 1.54) is 0 Å². The van der Waals surface area contributed by atoms with E-state index in [-0.39, 0.29) is 0 Å². The third-order valence-corrected chi connectivity index (χ3v) is 2.84. The van der Waals surface area contributed by atoms with Crippen LogP contribution < -0.4 is 0 Å². The van der Waals surface area contributed by atoms with Gasteiger partial charge >= 0.3 is 24.2 Å². The van der Waals surface area contributed by atoms with Crippen LogP contribution in [0.15, 0.2) is 0 Å². The maximum atomic E-state index is 13.4. The topological polar surface area (TPSA) is 47.6 Å². The second-order valence-corrected chi connectivity index (χ2v) is 4.48. The summed E-state index contributed by atoms with van der Waals surface area (Å²) in [4.78, 5) is 0. The van der Waals surface area contributed by atoms with Gasteiger partial charge in [-0.15, -0.1) is 0 Å². The molecule has 0 aliphatic heterocycles. The summed E-state index contributed by atoms with van der Waals surface area (Å²) in [6, 6.07) is 1.87. The number of alkyl halides is 9. The van der Waals surface area contributed by atoms with Crippen molar-refractivity contribution in [3.63, 3.8) is 0 Å². The van der Waals surface area contributed by atoms with Crippen LogP contribution in [0.1, 0.15) is 19.3 Å². The number of rotatable bonds is 8. The molecule has 0 fully saturated rings. The third-order valence-electron chi connectivity index (χ3n) is 2.84. The molecule has 0 saturated carbocycles. The van der Waals surface area contributed by atoms with Gasteiger partial charge in [0.25, 0.3) is 0 Å². The van der Waals surface area contributed by atoms with E-state index in [9.17, 15) is 39.5 Å². The van der Waals surface area contributed by atoms with Crippen LogP contribution >= 0.6 is 0 Å². The monoisotopic (exact) mass is 340 g/mol. The van der Waals surface area contributed by atoms with E-state index in [0.29, 0.717) is 0 Å². The Labute approximate surface area is 119 Å². The molecule has 0 aliphatic carbocycles. The largest absolute Gasteiger partial charge is 0.377 e. The molecule has 0 heterocycles. The predicted octanol–water partition coefficient (Wildman–Crippen LogP) is 4.33. The Balaban J connectivity index is 5.65. The molecule has 0 aromatic carbocycles. The van der Waals surface area contributed by atoms with E-state index in [0.717, 1.165) is 12.1 Å². The van der Waals surface area contributed by atoms with Crippen LogP contribution in [-0.4, -0.2) is 30.9 Å². The van der Waals surface area contributed by atoms with Gasteiger partial charge in [0.05, 0.1) is 18.8 Å². The van der Waals surface area contributed by atoms with Crippen LogP contribution in [0.2, 0.25) is 0 Å². The summed E-state index contributed by atoms with van der Waals surface area (Å²) in [5.74, 6) is -18.6. The van der Waals surface area contributed by atoms with Gasteiger partial charge in [0.2, 0.25) is 0 Å². The van der Waals surface area contributed by atoms with Gasteiger partial charge in [0.15, 0.2) is 0 Å². The lowest BCUT2D eigenvalue weighted by atomic mass is 9.78. The van der Waals surface area contributed by atoms with Crippen molar-refractivity contribution in [2.45, 2.75) is 43.5 Å². The van der Waals surface area contributed by atoms with Crippen molar-refractivity contribution in [3.05, 3.63) is 0 Å². The van der Waals surface area contributed by atoms with Crippen molar-refractivity contribution in [2.75, 3.05) is 6.67 Å². The van der Waals surface area contributed by atoms with Gasteiger partial charge in [0.1, 0.15) is 5.41 Å². The highest BCUT2D eigenvalue weighted by Crippen LogP contribution is 2.52. The van der Waals surface area contributed by atoms with E-state index >= 15 is 0 Å². The fourth-order valence-electron chi connectivity index (χ4n) is 1.54. The lowest BCUT2D eigenvalue weighted by molar-refractivity contribution is -0.342. The minimum absolute atomic E-state index is 0.645. The normalized spacial score (nSPS) is 13.8. The first kappa shape index (κ1) is 20.3. The van der Waals surface area contributed by atoms with Gasteiger partial charge in [-0.1, -0.05) is 0 Å². The fraction of sp³-hybridized carbons (Fsp3) is 0.818. The van der Waals surface area contributed by atoms with Crippen LogP contribution in [0.5, 0.6) is 0 Å². The molecular weight excluding hydrogens is 331 g/mol. The molecule has 0 spiro atoms. The van der Waals surface area contributed by atoms with Crippen molar-refractivity contribution in [3.8, 4) is 12.1 Å². The standard InChI is InChI=1S/C11H9F9N2/c12-3-1-2-8(5-21,6-22)4-9(15,16)11(19,20)10(17,18)7(13)14/h7H,1-4H2. The van der Waals surface area contributed by atoms with E-state index in [2.05, 4.69) is 0 Å². The average Bonchev–Trinajstić information content (AvgIpc) is 2.42. The Hall–Kier alpha value is -1.65. The molecule has 0 rings (SSSR count). The fourth-order valence-corrected chi connectivity index (χ4v) is 1.54. The lowest BCUT2D eigenvalue weighted by Crippen LogP contribution is -2.58. The Bertz CT molecular complexity index is 447. The number of nitriles is 2. The van der Waals surface area contributed by atoms with Crippen molar-refractivity contribution < 1.29 is 39.5 Å². The van der Waals surface area contributed by atoms with Gasteiger partial charge in [-0.2, -0.15) is 36.9 Å². The molecule has 0 saturated heterocycles. The van der Waals surface area contributed by atoms with Crippen LogP contribution in [0.4, 0.5) is 39.5 Å². The molecule has 0 bridgehead atoms. The zero-order chi connectivity index (χ0) is 17.8. The molecule has 0 amide bonds. The Morgan fingerprint density at radius 1 is 0.909 bits per heavy atom. The zero-order valence-corrected chi connectivity index (χ0v) is 10.7. The quantitative estimate of drug-likeness (QED) is 0.618. The number of halogens is 9. The summed E-state index contributed by atoms with van der Waals surface area (Å²) < 4.78 is 114. The lowest BCUT2D eigenvalue weighted by Gasteiger charge is -2.34. The first-order valence-electron chi connectivity index (χ1n) is 5.63. The zero-order valence-electron chi connectivity index (χ0n) is 10.7. The van der Waals surface area contributed by atoms with Gasteiger partial charge in [-0.3, -0.25) is 4.39 Å². The summed E-state index contributed by atoms with van der Waals surface area (Å²) >= 11 is 0.